The predicted molar refractivity (Wildman–Crippen MR) is 90.1 cm³/mol. The molecule has 0 saturated heterocycles. The largest absolute Gasteiger partial charge is 0.333 e. The molecule has 1 aromatic rings. The Kier molecular flexibility index (Phi) is 8.55. The smallest absolute Gasteiger partial charge is 0.243 e. The first-order chi connectivity index (χ1) is 10.6. The van der Waals surface area contributed by atoms with E-state index in [1.54, 1.807) is 29.2 Å². The van der Waals surface area contributed by atoms with Gasteiger partial charge < -0.3 is 15.5 Å². The van der Waals surface area contributed by atoms with Crippen molar-refractivity contribution < 1.29 is 9.59 Å². The van der Waals surface area contributed by atoms with Crippen LogP contribution < -0.4 is 10.6 Å². The Morgan fingerprint density at radius 1 is 1.23 bits per heavy atom. The van der Waals surface area contributed by atoms with Crippen LogP contribution in [0.15, 0.2) is 24.3 Å². The first kappa shape index (κ1) is 18.5. The molecule has 0 aliphatic carbocycles. The van der Waals surface area contributed by atoms with Gasteiger partial charge in [-0.2, -0.15) is 0 Å². The molecule has 2 N–H and O–H groups in total. The van der Waals surface area contributed by atoms with Crippen molar-refractivity contribution in [2.75, 3.05) is 32.0 Å². The van der Waals surface area contributed by atoms with Crippen LogP contribution in [-0.2, 0) is 9.59 Å². The second-order valence-electron chi connectivity index (χ2n) is 5.08. The quantitative estimate of drug-likeness (QED) is 0.686. The van der Waals surface area contributed by atoms with Gasteiger partial charge in [-0.1, -0.05) is 18.5 Å². The Morgan fingerprint density at radius 2 is 1.91 bits per heavy atom. The van der Waals surface area contributed by atoms with Crippen LogP contribution in [0.3, 0.4) is 0 Å². The van der Waals surface area contributed by atoms with Gasteiger partial charge in [0.25, 0.3) is 0 Å². The monoisotopic (exact) mass is 325 g/mol. The third-order valence-electron chi connectivity index (χ3n) is 3.13. The first-order valence-corrected chi connectivity index (χ1v) is 7.92. The Balaban J connectivity index is 2.52. The molecule has 5 nitrogen and oxygen atoms in total. The molecule has 0 heterocycles. The Morgan fingerprint density at radius 3 is 2.50 bits per heavy atom. The standard InChI is InChI=1S/C16H24ClN3O2/c1-3-11-20(16(22)5-4-10-18-2)12-15(21)19-14-8-6-13(17)7-9-14/h6-9,18H,3-5,10-12H2,1-2H3,(H,19,21). The predicted octanol–water partition coefficient (Wildman–Crippen LogP) is 2.52. The summed E-state index contributed by atoms with van der Waals surface area (Å²) in [6, 6.07) is 6.89. The number of nitrogens with one attached hydrogen (secondary N) is 2. The lowest BCUT2D eigenvalue weighted by Crippen LogP contribution is -2.38. The number of nitrogens with zero attached hydrogens (tertiary/aromatic N) is 1. The molecule has 1 rings (SSSR count). The van der Waals surface area contributed by atoms with Gasteiger partial charge in [0.2, 0.25) is 11.8 Å². The van der Waals surface area contributed by atoms with Crippen molar-refractivity contribution in [3.63, 3.8) is 0 Å². The first-order valence-electron chi connectivity index (χ1n) is 7.54. The molecule has 0 unspecified atom stereocenters. The third-order valence-corrected chi connectivity index (χ3v) is 3.38. The molecule has 0 aliphatic heterocycles. The van der Waals surface area contributed by atoms with Gasteiger partial charge in [0, 0.05) is 23.7 Å². The molecule has 1 aromatic carbocycles. The SMILES string of the molecule is CCCN(CC(=O)Nc1ccc(Cl)cc1)C(=O)CCCNC. The van der Waals surface area contributed by atoms with Crippen molar-refractivity contribution in [3.8, 4) is 0 Å². The number of amides is 2. The lowest BCUT2D eigenvalue weighted by Gasteiger charge is -2.21. The summed E-state index contributed by atoms with van der Waals surface area (Å²) in [7, 11) is 1.86. The molecule has 0 fully saturated rings. The van der Waals surface area contributed by atoms with Crippen LogP contribution in [0.4, 0.5) is 5.69 Å². The minimum atomic E-state index is -0.197. The summed E-state index contributed by atoms with van der Waals surface area (Å²) in [5.74, 6) is -0.180. The van der Waals surface area contributed by atoms with Crippen LogP contribution >= 0.6 is 11.6 Å². The fourth-order valence-corrected chi connectivity index (χ4v) is 2.17. The summed E-state index contributed by atoms with van der Waals surface area (Å²) < 4.78 is 0. The number of hydrogen-bond acceptors (Lipinski definition) is 3. The number of halogens is 1. The van der Waals surface area contributed by atoms with Gasteiger partial charge >= 0.3 is 0 Å². The van der Waals surface area contributed by atoms with Crippen molar-refractivity contribution in [1.29, 1.82) is 0 Å². The maximum Gasteiger partial charge on any atom is 0.243 e. The topological polar surface area (TPSA) is 61.4 Å². The molecule has 0 saturated carbocycles. The molecule has 22 heavy (non-hydrogen) atoms. The highest BCUT2D eigenvalue weighted by Gasteiger charge is 2.16. The van der Waals surface area contributed by atoms with E-state index >= 15 is 0 Å². The Bertz CT molecular complexity index is 477. The van der Waals surface area contributed by atoms with Crippen molar-refractivity contribution in [3.05, 3.63) is 29.3 Å². The summed E-state index contributed by atoms with van der Waals surface area (Å²) in [5, 5.41) is 6.40. The van der Waals surface area contributed by atoms with E-state index in [1.807, 2.05) is 14.0 Å². The maximum absolute atomic E-state index is 12.1. The van der Waals surface area contributed by atoms with E-state index in [0.717, 1.165) is 19.4 Å². The second-order valence-corrected chi connectivity index (χ2v) is 5.51. The second kappa shape index (κ2) is 10.2. The number of hydrogen-bond donors (Lipinski definition) is 2. The van der Waals surface area contributed by atoms with Crippen LogP contribution in [-0.4, -0.2) is 43.4 Å². The van der Waals surface area contributed by atoms with Gasteiger partial charge in [-0.05, 0) is 50.7 Å². The van der Waals surface area contributed by atoms with Gasteiger partial charge in [-0.3, -0.25) is 9.59 Å². The summed E-state index contributed by atoms with van der Waals surface area (Å²) in [6.07, 6.45) is 2.05. The van der Waals surface area contributed by atoms with Crippen molar-refractivity contribution in [2.45, 2.75) is 26.2 Å². The van der Waals surface area contributed by atoms with E-state index in [2.05, 4.69) is 10.6 Å². The number of carbonyl (C=O) groups is 2. The normalized spacial score (nSPS) is 10.3. The minimum Gasteiger partial charge on any atom is -0.333 e. The molecule has 0 radical (unpaired) electrons. The number of benzene rings is 1. The average Bonchev–Trinajstić information content (AvgIpc) is 2.49. The van der Waals surface area contributed by atoms with Gasteiger partial charge in [0.05, 0.1) is 6.54 Å². The molecule has 0 bridgehead atoms. The maximum atomic E-state index is 12.1. The van der Waals surface area contributed by atoms with E-state index in [-0.39, 0.29) is 18.4 Å². The highest BCUT2D eigenvalue weighted by atomic mass is 35.5. The van der Waals surface area contributed by atoms with Gasteiger partial charge in [-0.15, -0.1) is 0 Å². The van der Waals surface area contributed by atoms with E-state index in [9.17, 15) is 9.59 Å². The summed E-state index contributed by atoms with van der Waals surface area (Å²) in [4.78, 5) is 25.8. The van der Waals surface area contributed by atoms with E-state index in [4.69, 9.17) is 11.6 Å². The molecule has 0 spiro atoms. The van der Waals surface area contributed by atoms with Crippen LogP contribution in [0.25, 0.3) is 0 Å². The number of anilines is 1. The fraction of sp³-hybridized carbons (Fsp3) is 0.500. The summed E-state index contributed by atoms with van der Waals surface area (Å²) in [6.45, 7) is 3.45. The summed E-state index contributed by atoms with van der Waals surface area (Å²) in [5.41, 5.74) is 0.675. The van der Waals surface area contributed by atoms with Gasteiger partial charge in [0.1, 0.15) is 0 Å². The molecule has 0 aliphatic rings. The molecular weight excluding hydrogens is 302 g/mol. The van der Waals surface area contributed by atoms with Crippen LogP contribution in [0.2, 0.25) is 5.02 Å². The van der Waals surface area contributed by atoms with Crippen LogP contribution in [0.1, 0.15) is 26.2 Å². The zero-order valence-corrected chi connectivity index (χ0v) is 13.9. The molecule has 0 atom stereocenters. The van der Waals surface area contributed by atoms with Gasteiger partial charge in [0.15, 0.2) is 0 Å². The lowest BCUT2D eigenvalue weighted by molar-refractivity contribution is -0.134. The van der Waals surface area contributed by atoms with Crippen molar-refractivity contribution in [1.82, 2.24) is 10.2 Å². The molecule has 6 heteroatoms. The van der Waals surface area contributed by atoms with Gasteiger partial charge in [-0.25, -0.2) is 0 Å². The summed E-state index contributed by atoms with van der Waals surface area (Å²) >= 11 is 5.81. The Hall–Kier alpha value is -1.59. The molecule has 122 valence electrons. The van der Waals surface area contributed by atoms with E-state index in [0.29, 0.717) is 23.7 Å². The number of rotatable bonds is 9. The lowest BCUT2D eigenvalue weighted by atomic mass is 10.2. The molecular formula is C16H24ClN3O2. The average molecular weight is 326 g/mol. The van der Waals surface area contributed by atoms with E-state index in [1.165, 1.54) is 0 Å². The molecule has 0 aromatic heterocycles. The number of carbonyl (C=O) groups excluding carboxylic acids is 2. The third kappa shape index (κ3) is 6.91. The van der Waals surface area contributed by atoms with Crippen molar-refractivity contribution >= 4 is 29.1 Å². The fourth-order valence-electron chi connectivity index (χ4n) is 2.04. The minimum absolute atomic E-state index is 0.0170. The van der Waals surface area contributed by atoms with E-state index < -0.39 is 0 Å². The van der Waals surface area contributed by atoms with Crippen molar-refractivity contribution in [2.24, 2.45) is 0 Å². The molecule has 2 amide bonds. The highest BCUT2D eigenvalue weighted by Crippen LogP contribution is 2.13. The zero-order valence-electron chi connectivity index (χ0n) is 13.2. The van der Waals surface area contributed by atoms with Crippen LogP contribution in [0, 0.1) is 0 Å². The highest BCUT2D eigenvalue weighted by molar-refractivity contribution is 6.30. The van der Waals surface area contributed by atoms with Crippen LogP contribution in [0.5, 0.6) is 0 Å². The zero-order chi connectivity index (χ0) is 16.4. The Labute approximate surface area is 137 Å².